The Bertz CT molecular complexity index is 630. The van der Waals surface area contributed by atoms with Gasteiger partial charge in [0.25, 0.3) is 0 Å². The molecule has 0 radical (unpaired) electrons. The van der Waals surface area contributed by atoms with Crippen molar-refractivity contribution in [3.63, 3.8) is 0 Å². The van der Waals surface area contributed by atoms with Crippen molar-refractivity contribution in [2.24, 2.45) is 5.41 Å². The van der Waals surface area contributed by atoms with Crippen LogP contribution in [0.4, 0.5) is 0 Å². The van der Waals surface area contributed by atoms with E-state index < -0.39 is 5.97 Å². The van der Waals surface area contributed by atoms with Gasteiger partial charge in [0.2, 0.25) is 0 Å². The first kappa shape index (κ1) is 26.2. The Labute approximate surface area is 183 Å². The number of benzene rings is 1. The van der Waals surface area contributed by atoms with Crippen molar-refractivity contribution >= 4 is 11.9 Å². The third kappa shape index (κ3) is 10.8. The minimum atomic E-state index is -0.415. The van der Waals surface area contributed by atoms with Crippen molar-refractivity contribution < 1.29 is 19.1 Å². The highest BCUT2D eigenvalue weighted by Gasteiger charge is 2.24. The average molecular weight is 419 g/mol. The van der Waals surface area contributed by atoms with Gasteiger partial charge in [-0.3, -0.25) is 0 Å². The van der Waals surface area contributed by atoms with Gasteiger partial charge < -0.3 is 9.47 Å². The quantitative estimate of drug-likeness (QED) is 0.234. The number of rotatable bonds is 14. The van der Waals surface area contributed by atoms with E-state index in [4.69, 9.17) is 9.47 Å². The predicted molar refractivity (Wildman–Crippen MR) is 123 cm³/mol. The Morgan fingerprint density at radius 3 is 1.87 bits per heavy atom. The molecule has 170 valence electrons. The van der Waals surface area contributed by atoms with Crippen LogP contribution in [0.25, 0.3) is 0 Å². The summed E-state index contributed by atoms with van der Waals surface area (Å²) in [6, 6.07) is 6.58. The van der Waals surface area contributed by atoms with Crippen LogP contribution in [0.2, 0.25) is 0 Å². The van der Waals surface area contributed by atoms with Crippen LogP contribution < -0.4 is 0 Å². The molecule has 0 fully saturated rings. The van der Waals surface area contributed by atoms with Crippen LogP contribution in [-0.2, 0) is 9.47 Å². The summed E-state index contributed by atoms with van der Waals surface area (Å²) < 4.78 is 10.9. The third-order valence-electron chi connectivity index (χ3n) is 5.57. The largest absolute Gasteiger partial charge is 0.462 e. The second-order valence-corrected chi connectivity index (χ2v) is 9.31. The zero-order valence-corrected chi connectivity index (χ0v) is 19.8. The van der Waals surface area contributed by atoms with Crippen molar-refractivity contribution in [2.45, 2.75) is 105 Å². The molecule has 30 heavy (non-hydrogen) atoms. The molecule has 0 aromatic heterocycles. The molecule has 1 rings (SSSR count). The number of unbranched alkanes of at least 4 members (excludes halogenated alkanes) is 9. The molecule has 0 spiro atoms. The highest BCUT2D eigenvalue weighted by Crippen LogP contribution is 2.23. The number of carbonyl (C=O) groups excluding carboxylic acids is 2. The molecule has 0 bridgehead atoms. The van der Waals surface area contributed by atoms with E-state index in [1.54, 1.807) is 24.3 Å². The predicted octanol–water partition coefficient (Wildman–Crippen LogP) is 7.36. The minimum Gasteiger partial charge on any atom is -0.462 e. The zero-order valence-electron chi connectivity index (χ0n) is 19.8. The van der Waals surface area contributed by atoms with E-state index in [0.29, 0.717) is 17.7 Å². The number of hydrogen-bond donors (Lipinski definition) is 0. The molecular weight excluding hydrogens is 376 g/mol. The van der Waals surface area contributed by atoms with Crippen molar-refractivity contribution in [2.75, 3.05) is 6.61 Å². The van der Waals surface area contributed by atoms with Gasteiger partial charge in [-0.05, 0) is 37.0 Å². The smallest absolute Gasteiger partial charge is 0.338 e. The van der Waals surface area contributed by atoms with E-state index in [-0.39, 0.29) is 17.5 Å². The van der Waals surface area contributed by atoms with Crippen LogP contribution in [0.5, 0.6) is 0 Å². The van der Waals surface area contributed by atoms with Gasteiger partial charge in [-0.1, -0.05) is 91.5 Å². The molecule has 1 atom stereocenters. The van der Waals surface area contributed by atoms with Crippen LogP contribution in [0.15, 0.2) is 24.3 Å². The van der Waals surface area contributed by atoms with Crippen molar-refractivity contribution in [3.8, 4) is 0 Å². The number of carbonyl (C=O) groups is 2. The van der Waals surface area contributed by atoms with Crippen LogP contribution in [0.3, 0.4) is 0 Å². The van der Waals surface area contributed by atoms with E-state index in [0.717, 1.165) is 12.8 Å². The SMILES string of the molecule is CCCCCCCCCCCCOC(=O)c1cccc(C(=O)OC(C)C(C)(C)C)c1. The van der Waals surface area contributed by atoms with E-state index >= 15 is 0 Å². The van der Waals surface area contributed by atoms with E-state index in [1.165, 1.54) is 51.4 Å². The highest BCUT2D eigenvalue weighted by atomic mass is 16.5. The lowest BCUT2D eigenvalue weighted by Crippen LogP contribution is -2.28. The van der Waals surface area contributed by atoms with Gasteiger partial charge in [-0.25, -0.2) is 9.59 Å². The molecule has 1 aromatic rings. The molecule has 4 heteroatoms. The van der Waals surface area contributed by atoms with Gasteiger partial charge in [-0.15, -0.1) is 0 Å². The van der Waals surface area contributed by atoms with E-state index in [1.807, 2.05) is 27.7 Å². The maximum atomic E-state index is 12.4. The van der Waals surface area contributed by atoms with Crippen LogP contribution in [0.1, 0.15) is 120 Å². The van der Waals surface area contributed by atoms with Gasteiger partial charge in [0.1, 0.15) is 6.10 Å². The Morgan fingerprint density at radius 2 is 1.33 bits per heavy atom. The summed E-state index contributed by atoms with van der Waals surface area (Å²) in [5.74, 6) is -0.800. The van der Waals surface area contributed by atoms with Gasteiger partial charge in [0, 0.05) is 0 Å². The Balaban J connectivity index is 2.28. The highest BCUT2D eigenvalue weighted by molar-refractivity contribution is 5.95. The molecule has 0 amide bonds. The fourth-order valence-electron chi connectivity index (χ4n) is 3.02. The van der Waals surface area contributed by atoms with Crippen molar-refractivity contribution in [3.05, 3.63) is 35.4 Å². The molecule has 1 unspecified atom stereocenters. The Kier molecular flexibility index (Phi) is 12.4. The first-order chi connectivity index (χ1) is 14.3. The van der Waals surface area contributed by atoms with Crippen molar-refractivity contribution in [1.82, 2.24) is 0 Å². The molecule has 0 heterocycles. The van der Waals surface area contributed by atoms with Crippen molar-refractivity contribution in [1.29, 1.82) is 0 Å². The number of hydrogen-bond acceptors (Lipinski definition) is 4. The van der Waals surface area contributed by atoms with Crippen LogP contribution >= 0.6 is 0 Å². The molecule has 0 aliphatic carbocycles. The first-order valence-corrected chi connectivity index (χ1v) is 11.7. The number of ether oxygens (including phenoxy) is 2. The minimum absolute atomic E-state index is 0.138. The summed E-state index contributed by atoms with van der Waals surface area (Å²) in [6.45, 7) is 10.6. The Morgan fingerprint density at radius 1 is 0.833 bits per heavy atom. The lowest BCUT2D eigenvalue weighted by molar-refractivity contribution is 0.00479. The topological polar surface area (TPSA) is 52.6 Å². The van der Waals surface area contributed by atoms with Gasteiger partial charge >= 0.3 is 11.9 Å². The normalized spacial score (nSPS) is 12.4. The van der Waals surface area contributed by atoms with E-state index in [9.17, 15) is 9.59 Å². The lowest BCUT2D eigenvalue weighted by atomic mass is 9.90. The second-order valence-electron chi connectivity index (χ2n) is 9.31. The molecule has 0 aliphatic heterocycles. The second kappa shape index (κ2) is 14.2. The molecule has 4 nitrogen and oxygen atoms in total. The zero-order chi connectivity index (χ0) is 22.4. The Hall–Kier alpha value is -1.84. The molecule has 0 saturated carbocycles. The molecule has 0 N–H and O–H groups in total. The maximum Gasteiger partial charge on any atom is 0.338 e. The summed E-state index contributed by atoms with van der Waals surface area (Å²) in [5.41, 5.74) is 0.626. The fraction of sp³-hybridized carbons (Fsp3) is 0.692. The standard InChI is InChI=1S/C26H42O4/c1-6-7-8-9-10-11-12-13-14-15-19-29-24(27)22-17-16-18-23(20-22)25(28)30-21(2)26(3,4)5/h16-18,20-21H,6-15,19H2,1-5H3. The summed E-state index contributed by atoms with van der Waals surface area (Å²) in [4.78, 5) is 24.6. The maximum absolute atomic E-state index is 12.4. The molecule has 1 aromatic carbocycles. The summed E-state index contributed by atoms with van der Waals surface area (Å²) >= 11 is 0. The fourth-order valence-corrected chi connectivity index (χ4v) is 3.02. The average Bonchev–Trinajstić information content (AvgIpc) is 2.71. The lowest BCUT2D eigenvalue weighted by Gasteiger charge is -2.26. The van der Waals surface area contributed by atoms with E-state index in [2.05, 4.69) is 6.92 Å². The summed E-state index contributed by atoms with van der Waals surface area (Å²) in [5, 5.41) is 0. The third-order valence-corrected chi connectivity index (χ3v) is 5.57. The molecule has 0 saturated heterocycles. The number of esters is 2. The molecule has 0 aliphatic rings. The van der Waals surface area contributed by atoms with Gasteiger partial charge in [0.15, 0.2) is 0 Å². The summed E-state index contributed by atoms with van der Waals surface area (Å²) in [6.07, 6.45) is 12.2. The van der Waals surface area contributed by atoms with Gasteiger partial charge in [0.05, 0.1) is 17.7 Å². The van der Waals surface area contributed by atoms with Crippen LogP contribution in [-0.4, -0.2) is 24.6 Å². The first-order valence-electron chi connectivity index (χ1n) is 11.7. The van der Waals surface area contributed by atoms with Crippen LogP contribution in [0, 0.1) is 5.41 Å². The summed E-state index contributed by atoms with van der Waals surface area (Å²) in [7, 11) is 0. The van der Waals surface area contributed by atoms with Gasteiger partial charge in [-0.2, -0.15) is 0 Å². The molecular formula is C26H42O4. The monoisotopic (exact) mass is 418 g/mol.